The van der Waals surface area contributed by atoms with Crippen molar-refractivity contribution in [2.75, 3.05) is 31.1 Å². The second kappa shape index (κ2) is 7.74. The summed E-state index contributed by atoms with van der Waals surface area (Å²) < 4.78 is 10.7. The fourth-order valence-corrected chi connectivity index (χ4v) is 3.33. The number of rotatable bonds is 6. The van der Waals surface area contributed by atoms with E-state index in [0.29, 0.717) is 17.1 Å². The molecule has 0 aromatic heterocycles. The van der Waals surface area contributed by atoms with E-state index in [0.717, 1.165) is 16.9 Å². The highest BCUT2D eigenvalue weighted by atomic mass is 32.2. The average Bonchev–Trinajstić information content (AvgIpc) is 2.95. The van der Waals surface area contributed by atoms with Gasteiger partial charge < -0.3 is 20.1 Å². The lowest BCUT2D eigenvalue weighted by molar-refractivity contribution is -0.110. The zero-order valence-corrected chi connectivity index (χ0v) is 16.1. The minimum atomic E-state index is -0.123. The van der Waals surface area contributed by atoms with Crippen LogP contribution in [-0.2, 0) is 4.79 Å². The fraction of sp³-hybridized carbons (Fsp3) is 0.250. The molecule has 5 nitrogen and oxygen atoms in total. The van der Waals surface area contributed by atoms with Crippen molar-refractivity contribution in [2.45, 2.75) is 17.9 Å². The summed E-state index contributed by atoms with van der Waals surface area (Å²) >= 11 is 1.71. The standard InChI is InChI=1S/C20H22N2O3S/c1-12(21-13-5-7-14(26-4)8-6-13)9-16-15-10-18(24-2)19(25-3)11-17(15)22-20(16)23/h5-12,21H,1-4H3,(H,22,23). The van der Waals surface area contributed by atoms with Crippen LogP contribution >= 0.6 is 11.8 Å². The van der Waals surface area contributed by atoms with Crippen LogP contribution in [0.1, 0.15) is 12.5 Å². The van der Waals surface area contributed by atoms with Gasteiger partial charge in [-0.3, -0.25) is 4.79 Å². The van der Waals surface area contributed by atoms with E-state index in [1.165, 1.54) is 4.90 Å². The summed E-state index contributed by atoms with van der Waals surface area (Å²) in [6.07, 6.45) is 3.98. The first-order valence-corrected chi connectivity index (χ1v) is 9.48. The number of thioether (sulfide) groups is 1. The van der Waals surface area contributed by atoms with Gasteiger partial charge in [-0.05, 0) is 49.6 Å². The predicted octanol–water partition coefficient (Wildman–Crippen LogP) is 4.26. The van der Waals surface area contributed by atoms with Crippen molar-refractivity contribution in [2.24, 2.45) is 0 Å². The van der Waals surface area contributed by atoms with Crippen LogP contribution in [0.5, 0.6) is 11.5 Å². The third kappa shape index (κ3) is 3.65. The van der Waals surface area contributed by atoms with Gasteiger partial charge in [0.15, 0.2) is 11.5 Å². The normalized spacial score (nSPS) is 15.4. The number of amides is 1. The van der Waals surface area contributed by atoms with E-state index in [4.69, 9.17) is 9.47 Å². The molecule has 0 fully saturated rings. The third-order valence-electron chi connectivity index (χ3n) is 4.21. The summed E-state index contributed by atoms with van der Waals surface area (Å²) in [7, 11) is 3.16. The molecule has 0 saturated carbocycles. The Kier molecular flexibility index (Phi) is 5.42. The van der Waals surface area contributed by atoms with E-state index in [2.05, 4.69) is 29.0 Å². The minimum Gasteiger partial charge on any atom is -0.493 e. The lowest BCUT2D eigenvalue weighted by Crippen LogP contribution is -2.14. The van der Waals surface area contributed by atoms with Crippen LogP contribution in [0, 0.1) is 0 Å². The van der Waals surface area contributed by atoms with Crippen LogP contribution < -0.4 is 20.1 Å². The first-order chi connectivity index (χ1) is 12.5. The van der Waals surface area contributed by atoms with Crippen LogP contribution in [0.15, 0.2) is 47.4 Å². The molecule has 0 saturated heterocycles. The number of methoxy groups -OCH3 is 2. The summed E-state index contributed by atoms with van der Waals surface area (Å²) in [5.74, 6) is 1.07. The molecule has 0 spiro atoms. The lowest BCUT2D eigenvalue weighted by atomic mass is 10.0. The number of hydrogen-bond donors (Lipinski definition) is 2. The van der Waals surface area contributed by atoms with Crippen molar-refractivity contribution < 1.29 is 14.3 Å². The van der Waals surface area contributed by atoms with Crippen molar-refractivity contribution in [3.8, 4) is 11.5 Å². The molecule has 0 radical (unpaired) electrons. The molecule has 1 aliphatic heterocycles. The molecule has 1 atom stereocenters. The first kappa shape index (κ1) is 18.2. The number of hydrogen-bond acceptors (Lipinski definition) is 5. The van der Waals surface area contributed by atoms with Gasteiger partial charge in [-0.2, -0.15) is 0 Å². The Morgan fingerprint density at radius 3 is 2.38 bits per heavy atom. The largest absolute Gasteiger partial charge is 0.493 e. The Balaban J connectivity index is 1.85. The Labute approximate surface area is 157 Å². The maximum Gasteiger partial charge on any atom is 0.256 e. The molecule has 26 heavy (non-hydrogen) atoms. The van der Waals surface area contributed by atoms with E-state index >= 15 is 0 Å². The SMILES string of the molecule is COc1cc2c(cc1OC)C(=CC(C)Nc1ccc(SC)cc1)C(=O)N2. The fourth-order valence-electron chi connectivity index (χ4n) is 2.92. The van der Waals surface area contributed by atoms with Gasteiger partial charge in [-0.15, -0.1) is 11.8 Å². The van der Waals surface area contributed by atoms with Crippen molar-refractivity contribution in [1.29, 1.82) is 0 Å². The topological polar surface area (TPSA) is 59.6 Å². The Morgan fingerprint density at radius 2 is 1.77 bits per heavy atom. The summed E-state index contributed by atoms with van der Waals surface area (Å²) in [5, 5.41) is 6.29. The highest BCUT2D eigenvalue weighted by Gasteiger charge is 2.27. The maximum absolute atomic E-state index is 12.4. The Hall–Kier alpha value is -2.60. The third-order valence-corrected chi connectivity index (χ3v) is 4.95. The van der Waals surface area contributed by atoms with Gasteiger partial charge >= 0.3 is 0 Å². The number of anilines is 2. The van der Waals surface area contributed by atoms with Crippen molar-refractivity contribution >= 4 is 34.6 Å². The molecule has 1 unspecified atom stereocenters. The van der Waals surface area contributed by atoms with Crippen LogP contribution in [0.25, 0.3) is 5.57 Å². The van der Waals surface area contributed by atoms with Crippen molar-refractivity contribution in [3.63, 3.8) is 0 Å². The van der Waals surface area contributed by atoms with E-state index < -0.39 is 0 Å². The maximum atomic E-state index is 12.4. The molecule has 2 aromatic carbocycles. The van der Waals surface area contributed by atoms with Gasteiger partial charge in [-0.25, -0.2) is 0 Å². The summed E-state index contributed by atoms with van der Waals surface area (Å²) in [5.41, 5.74) is 3.19. The summed E-state index contributed by atoms with van der Waals surface area (Å²) in [6.45, 7) is 2.02. The predicted molar refractivity (Wildman–Crippen MR) is 107 cm³/mol. The number of fused-ring (bicyclic) bond motifs is 1. The minimum absolute atomic E-state index is 0.0186. The monoisotopic (exact) mass is 370 g/mol. The van der Waals surface area contributed by atoms with Crippen molar-refractivity contribution in [1.82, 2.24) is 0 Å². The van der Waals surface area contributed by atoms with Crippen LogP contribution in [0.3, 0.4) is 0 Å². The first-order valence-electron chi connectivity index (χ1n) is 8.26. The molecule has 2 aromatic rings. The van der Waals surface area contributed by atoms with Gasteiger partial charge in [0.2, 0.25) is 0 Å². The molecule has 2 N–H and O–H groups in total. The van der Waals surface area contributed by atoms with Gasteiger partial charge in [0.1, 0.15) is 0 Å². The lowest BCUT2D eigenvalue weighted by Gasteiger charge is -2.13. The van der Waals surface area contributed by atoms with Gasteiger partial charge in [-0.1, -0.05) is 0 Å². The second-order valence-corrected chi connectivity index (χ2v) is 6.83. The zero-order chi connectivity index (χ0) is 18.7. The van der Waals surface area contributed by atoms with Crippen LogP contribution in [0.4, 0.5) is 11.4 Å². The van der Waals surface area contributed by atoms with Gasteiger partial charge in [0.25, 0.3) is 5.91 Å². The van der Waals surface area contributed by atoms with E-state index in [-0.39, 0.29) is 11.9 Å². The number of carbonyl (C=O) groups excluding carboxylic acids is 1. The molecule has 3 rings (SSSR count). The molecular weight excluding hydrogens is 348 g/mol. The average molecular weight is 370 g/mol. The summed E-state index contributed by atoms with van der Waals surface area (Å²) in [6, 6.07) is 11.8. The Bertz CT molecular complexity index is 847. The number of carbonyl (C=O) groups is 1. The molecule has 1 heterocycles. The number of benzene rings is 2. The second-order valence-electron chi connectivity index (χ2n) is 5.95. The van der Waals surface area contributed by atoms with E-state index in [9.17, 15) is 4.79 Å². The molecule has 0 aliphatic carbocycles. The molecule has 0 bridgehead atoms. The smallest absolute Gasteiger partial charge is 0.256 e. The summed E-state index contributed by atoms with van der Waals surface area (Å²) in [4.78, 5) is 13.6. The van der Waals surface area contributed by atoms with Crippen LogP contribution in [-0.4, -0.2) is 32.4 Å². The molecule has 1 aliphatic rings. The molecule has 6 heteroatoms. The zero-order valence-electron chi connectivity index (χ0n) is 15.3. The Morgan fingerprint density at radius 1 is 1.12 bits per heavy atom. The van der Waals surface area contributed by atoms with Gasteiger partial charge in [0, 0.05) is 33.8 Å². The number of ether oxygens (including phenoxy) is 2. The molecule has 136 valence electrons. The quantitative estimate of drug-likeness (QED) is 0.588. The van der Waals surface area contributed by atoms with E-state index in [1.54, 1.807) is 32.0 Å². The molecular formula is C20H22N2O3S. The molecule has 1 amide bonds. The highest BCUT2D eigenvalue weighted by molar-refractivity contribution is 7.98. The van der Waals surface area contributed by atoms with E-state index in [1.807, 2.05) is 31.2 Å². The van der Waals surface area contributed by atoms with Gasteiger partial charge in [0.05, 0.1) is 19.9 Å². The van der Waals surface area contributed by atoms with Crippen molar-refractivity contribution in [3.05, 3.63) is 48.0 Å². The highest BCUT2D eigenvalue weighted by Crippen LogP contribution is 2.40. The number of nitrogens with one attached hydrogen (secondary N) is 2. The van der Waals surface area contributed by atoms with Crippen LogP contribution in [0.2, 0.25) is 0 Å².